The zero-order chi connectivity index (χ0) is 15.9. The Balaban J connectivity index is 1.23. The minimum Gasteiger partial charge on any atom is -0.371 e. The van der Waals surface area contributed by atoms with E-state index in [-0.39, 0.29) is 0 Å². The van der Waals surface area contributed by atoms with Gasteiger partial charge in [-0.05, 0) is 20.3 Å². The first-order chi connectivity index (χ1) is 11.1. The maximum absolute atomic E-state index is 6.07. The number of hydrogen-bond acceptors (Lipinski definition) is 7. The summed E-state index contributed by atoms with van der Waals surface area (Å²) in [5.74, 6) is 1.98. The molecule has 7 heteroatoms. The predicted octanol–water partition coefficient (Wildman–Crippen LogP) is 3.02. The Morgan fingerprint density at radius 2 is 2.26 bits per heavy atom. The number of aromatic nitrogens is 2. The van der Waals surface area contributed by atoms with Crippen LogP contribution in [0.1, 0.15) is 28.6 Å². The van der Waals surface area contributed by atoms with Crippen LogP contribution in [0.4, 0.5) is 0 Å². The predicted molar refractivity (Wildman–Crippen MR) is 91.8 cm³/mol. The largest absolute Gasteiger partial charge is 0.371 e. The number of thioether (sulfide) groups is 1. The maximum Gasteiger partial charge on any atom is 0.133 e. The highest BCUT2D eigenvalue weighted by molar-refractivity contribution is 8.01. The van der Waals surface area contributed by atoms with Gasteiger partial charge in [0, 0.05) is 41.6 Å². The van der Waals surface area contributed by atoms with Crippen molar-refractivity contribution in [1.82, 2.24) is 15.0 Å². The van der Waals surface area contributed by atoms with Crippen LogP contribution in [-0.2, 0) is 17.9 Å². The molecular formula is C16H21N3O2S2. The van der Waals surface area contributed by atoms with Gasteiger partial charge in [-0.3, -0.25) is 4.90 Å². The fourth-order valence-electron chi connectivity index (χ4n) is 3.41. The van der Waals surface area contributed by atoms with Crippen molar-refractivity contribution >= 4 is 23.1 Å². The highest BCUT2D eigenvalue weighted by Gasteiger charge is 2.49. The van der Waals surface area contributed by atoms with Crippen molar-refractivity contribution in [3.8, 4) is 0 Å². The molecule has 0 amide bonds. The van der Waals surface area contributed by atoms with Gasteiger partial charge in [-0.2, -0.15) is 0 Å². The Bertz CT molecular complexity index is 678. The van der Waals surface area contributed by atoms with E-state index in [1.54, 1.807) is 11.3 Å². The van der Waals surface area contributed by atoms with E-state index >= 15 is 0 Å². The smallest absolute Gasteiger partial charge is 0.133 e. The molecule has 2 aliphatic heterocycles. The lowest BCUT2D eigenvalue weighted by atomic mass is 9.93. The lowest BCUT2D eigenvalue weighted by Crippen LogP contribution is -2.58. The van der Waals surface area contributed by atoms with Crippen LogP contribution in [0, 0.1) is 13.8 Å². The van der Waals surface area contributed by atoms with Gasteiger partial charge < -0.3 is 9.26 Å². The number of rotatable bonds is 5. The second-order valence-electron chi connectivity index (χ2n) is 6.56. The second kappa shape index (κ2) is 6.20. The summed E-state index contributed by atoms with van der Waals surface area (Å²) < 4.78 is 11.6. The van der Waals surface area contributed by atoms with Gasteiger partial charge in [-0.15, -0.1) is 23.1 Å². The Morgan fingerprint density at radius 3 is 2.96 bits per heavy atom. The van der Waals surface area contributed by atoms with E-state index in [9.17, 15) is 0 Å². The first-order valence-electron chi connectivity index (χ1n) is 7.91. The summed E-state index contributed by atoms with van der Waals surface area (Å²) in [6, 6.07) is 2.02. The molecule has 0 unspecified atom stereocenters. The Kier molecular flexibility index (Phi) is 4.21. The van der Waals surface area contributed by atoms with Gasteiger partial charge in [0.2, 0.25) is 0 Å². The van der Waals surface area contributed by atoms with E-state index in [4.69, 9.17) is 9.26 Å². The van der Waals surface area contributed by atoms with Crippen LogP contribution in [0.25, 0.3) is 0 Å². The highest BCUT2D eigenvalue weighted by Crippen LogP contribution is 2.46. The van der Waals surface area contributed by atoms with Gasteiger partial charge in [-0.25, -0.2) is 4.98 Å². The van der Waals surface area contributed by atoms with Crippen LogP contribution in [0.15, 0.2) is 16.0 Å². The number of nitrogens with zero attached hydrogens (tertiary/aromatic N) is 3. The fourth-order valence-corrected chi connectivity index (χ4v) is 5.61. The molecule has 2 saturated heterocycles. The summed E-state index contributed by atoms with van der Waals surface area (Å²) in [6.07, 6.45) is 1.51. The molecule has 124 valence electrons. The number of ether oxygens (including phenoxy) is 1. The monoisotopic (exact) mass is 351 g/mol. The lowest BCUT2D eigenvalue weighted by Gasteiger charge is -2.47. The third kappa shape index (κ3) is 3.47. The molecule has 4 heterocycles. The summed E-state index contributed by atoms with van der Waals surface area (Å²) in [5.41, 5.74) is 2.10. The molecule has 2 aromatic rings. The average Bonchev–Trinajstić information content (AvgIpc) is 3.17. The van der Waals surface area contributed by atoms with Crippen molar-refractivity contribution < 1.29 is 9.26 Å². The zero-order valence-electron chi connectivity index (χ0n) is 13.4. The maximum atomic E-state index is 6.07. The van der Waals surface area contributed by atoms with Crippen molar-refractivity contribution in [2.24, 2.45) is 0 Å². The molecule has 0 radical (unpaired) electrons. The average molecular weight is 351 g/mol. The summed E-state index contributed by atoms with van der Waals surface area (Å²) >= 11 is 3.76. The molecule has 0 aliphatic carbocycles. The second-order valence-corrected chi connectivity index (χ2v) is 9.11. The first kappa shape index (κ1) is 15.6. The van der Waals surface area contributed by atoms with Crippen LogP contribution in [0.5, 0.6) is 0 Å². The number of aryl methyl sites for hydroxylation is 2. The highest BCUT2D eigenvalue weighted by atomic mass is 32.2. The Labute approximate surface area is 144 Å². The Morgan fingerprint density at radius 1 is 1.39 bits per heavy atom. The fraction of sp³-hybridized carbons (Fsp3) is 0.625. The van der Waals surface area contributed by atoms with Crippen molar-refractivity contribution in [2.75, 3.05) is 18.8 Å². The molecular weight excluding hydrogens is 330 g/mol. The third-order valence-corrected chi connectivity index (χ3v) is 6.79. The van der Waals surface area contributed by atoms with Gasteiger partial charge >= 0.3 is 0 Å². The molecule has 4 rings (SSSR count). The molecule has 0 aromatic carbocycles. The molecule has 23 heavy (non-hydrogen) atoms. The summed E-state index contributed by atoms with van der Waals surface area (Å²) in [7, 11) is 0. The van der Waals surface area contributed by atoms with Crippen molar-refractivity contribution in [3.63, 3.8) is 0 Å². The summed E-state index contributed by atoms with van der Waals surface area (Å²) in [4.78, 5) is 6.91. The van der Waals surface area contributed by atoms with Gasteiger partial charge in [0.1, 0.15) is 5.76 Å². The molecule has 0 saturated carbocycles. The van der Waals surface area contributed by atoms with E-state index in [1.165, 1.54) is 0 Å². The van der Waals surface area contributed by atoms with Crippen LogP contribution in [-0.4, -0.2) is 44.7 Å². The minimum atomic E-state index is 0.360. The number of thiazole rings is 1. The first-order valence-corrected chi connectivity index (χ1v) is 9.78. The number of hydrogen-bond donors (Lipinski definition) is 0. The van der Waals surface area contributed by atoms with Crippen LogP contribution < -0.4 is 0 Å². The van der Waals surface area contributed by atoms with Crippen LogP contribution in [0.3, 0.4) is 0 Å². The molecule has 1 atom stereocenters. The van der Waals surface area contributed by atoms with Crippen LogP contribution >= 0.6 is 23.1 Å². The number of likely N-dealkylation sites (tertiary alicyclic amines) is 1. The van der Waals surface area contributed by atoms with Gasteiger partial charge in [0.25, 0.3) is 0 Å². The molecule has 0 N–H and O–H groups in total. The zero-order valence-corrected chi connectivity index (χ0v) is 15.1. The summed E-state index contributed by atoms with van der Waals surface area (Å²) in [6.45, 7) is 7.76. The van der Waals surface area contributed by atoms with E-state index in [1.807, 2.05) is 19.9 Å². The van der Waals surface area contributed by atoms with E-state index in [0.717, 1.165) is 54.0 Å². The van der Waals surface area contributed by atoms with Crippen molar-refractivity contribution in [1.29, 1.82) is 0 Å². The normalized spacial score (nSPS) is 23.5. The van der Waals surface area contributed by atoms with Crippen LogP contribution in [0.2, 0.25) is 0 Å². The SMILES string of the molecule is Cc1cc(CN2CC3(C[C@@H](OCc4csc(C)n4)CS3)C2)no1. The third-order valence-electron chi connectivity index (χ3n) is 4.39. The Hall–Kier alpha value is -0.890. The molecule has 2 aliphatic rings. The molecule has 5 nitrogen and oxygen atoms in total. The lowest BCUT2D eigenvalue weighted by molar-refractivity contribution is 0.0248. The van der Waals surface area contributed by atoms with Crippen molar-refractivity contribution in [3.05, 3.63) is 33.6 Å². The quantitative estimate of drug-likeness (QED) is 0.825. The minimum absolute atomic E-state index is 0.360. The van der Waals surface area contributed by atoms with E-state index in [0.29, 0.717) is 17.5 Å². The van der Waals surface area contributed by atoms with Gasteiger partial charge in [-0.1, -0.05) is 5.16 Å². The van der Waals surface area contributed by atoms with E-state index in [2.05, 4.69) is 32.2 Å². The molecule has 0 bridgehead atoms. The van der Waals surface area contributed by atoms with E-state index < -0.39 is 0 Å². The topological polar surface area (TPSA) is 51.4 Å². The summed E-state index contributed by atoms with van der Waals surface area (Å²) in [5, 5.41) is 7.28. The van der Waals surface area contributed by atoms with Gasteiger partial charge in [0.05, 0.1) is 29.1 Å². The molecule has 2 aromatic heterocycles. The molecule has 1 spiro atoms. The standard InChI is InChI=1S/C16H21N3O2S2/c1-11-3-13(18-21-11)5-19-9-16(10-19)4-15(8-23-16)20-6-14-7-22-12(2)17-14/h3,7,15H,4-6,8-10H2,1-2H3/t15-/m1/s1. The van der Waals surface area contributed by atoms with Gasteiger partial charge in [0.15, 0.2) is 0 Å². The molecule has 2 fully saturated rings. The van der Waals surface area contributed by atoms with Crippen molar-refractivity contribution in [2.45, 2.75) is 44.3 Å².